The van der Waals surface area contributed by atoms with Crippen molar-refractivity contribution in [2.24, 2.45) is 0 Å². The van der Waals surface area contributed by atoms with E-state index in [9.17, 15) is 17.6 Å². The molecule has 1 aliphatic heterocycles. The van der Waals surface area contributed by atoms with Crippen LogP contribution in [0.25, 0.3) is 0 Å². The van der Waals surface area contributed by atoms with Gasteiger partial charge in [0.15, 0.2) is 0 Å². The first-order valence-electron chi connectivity index (χ1n) is 8.84. The van der Waals surface area contributed by atoms with E-state index in [4.69, 9.17) is 11.6 Å². The van der Waals surface area contributed by atoms with Crippen molar-refractivity contribution in [2.75, 3.05) is 31.1 Å². The van der Waals surface area contributed by atoms with Crippen molar-refractivity contribution in [1.82, 2.24) is 9.62 Å². The zero-order valence-electron chi connectivity index (χ0n) is 15.3. The Balaban J connectivity index is 1.60. The number of rotatable bonds is 5. The number of amides is 1. The molecule has 1 heterocycles. The van der Waals surface area contributed by atoms with Gasteiger partial charge < -0.3 is 9.80 Å². The van der Waals surface area contributed by atoms with Crippen molar-refractivity contribution in [1.29, 1.82) is 0 Å². The normalized spacial score (nSPS) is 16.1. The van der Waals surface area contributed by atoms with Gasteiger partial charge in [-0.2, -0.15) is 4.72 Å². The van der Waals surface area contributed by atoms with Gasteiger partial charge in [-0.25, -0.2) is 12.8 Å². The summed E-state index contributed by atoms with van der Waals surface area (Å²) in [5, 5.41) is 0.427. The van der Waals surface area contributed by atoms with Gasteiger partial charge in [-0.1, -0.05) is 23.7 Å². The molecule has 1 saturated heterocycles. The van der Waals surface area contributed by atoms with Crippen molar-refractivity contribution < 1.29 is 17.6 Å². The number of carbonyl (C=O) groups excluding carboxylic acids is 1. The summed E-state index contributed by atoms with van der Waals surface area (Å²) in [5.41, 5.74) is 0.506. The lowest BCUT2D eigenvalue weighted by Crippen LogP contribution is -2.54. The van der Waals surface area contributed by atoms with Gasteiger partial charge in [0.2, 0.25) is 15.9 Å². The van der Waals surface area contributed by atoms with E-state index in [-0.39, 0.29) is 16.6 Å². The second kappa shape index (κ2) is 8.46. The van der Waals surface area contributed by atoms with Crippen LogP contribution in [0.15, 0.2) is 53.4 Å². The molecule has 0 spiro atoms. The first kappa shape index (κ1) is 20.6. The fourth-order valence-electron chi connectivity index (χ4n) is 3.11. The molecule has 1 atom stereocenters. The first-order chi connectivity index (χ1) is 13.3. The molecule has 2 aromatic carbocycles. The Labute approximate surface area is 168 Å². The number of sulfonamides is 1. The number of anilines is 1. The van der Waals surface area contributed by atoms with Gasteiger partial charge in [0.05, 0.1) is 16.6 Å². The van der Waals surface area contributed by atoms with Gasteiger partial charge >= 0.3 is 0 Å². The highest BCUT2D eigenvalue weighted by Gasteiger charge is 2.28. The Hall–Kier alpha value is -2.16. The molecule has 0 unspecified atom stereocenters. The average Bonchev–Trinajstić information content (AvgIpc) is 2.68. The minimum absolute atomic E-state index is 0.0425. The molecule has 3 rings (SSSR count). The minimum Gasteiger partial charge on any atom is -0.366 e. The molecule has 0 bridgehead atoms. The number of hydrogen-bond acceptors (Lipinski definition) is 4. The van der Waals surface area contributed by atoms with E-state index in [0.29, 0.717) is 36.9 Å². The molecule has 0 saturated carbocycles. The molecule has 0 radical (unpaired) electrons. The number of para-hydroxylation sites is 1. The predicted molar refractivity (Wildman–Crippen MR) is 106 cm³/mol. The number of halogens is 2. The van der Waals surface area contributed by atoms with Gasteiger partial charge in [-0.3, -0.25) is 4.79 Å². The molecule has 1 N–H and O–H groups in total. The molecule has 9 heteroatoms. The number of hydrogen-bond donors (Lipinski definition) is 1. The monoisotopic (exact) mass is 425 g/mol. The lowest BCUT2D eigenvalue weighted by Gasteiger charge is -2.37. The van der Waals surface area contributed by atoms with Gasteiger partial charge in [0.25, 0.3) is 0 Å². The maximum absolute atomic E-state index is 13.9. The maximum atomic E-state index is 13.9. The SMILES string of the molecule is C[C@@H](NS(=O)(=O)c1ccc(Cl)cc1)C(=O)N1CCN(c2ccccc2F)CC1. The third-order valence-electron chi connectivity index (χ3n) is 4.61. The second-order valence-corrected chi connectivity index (χ2v) is 8.71. The molecule has 0 aromatic heterocycles. The minimum atomic E-state index is -3.84. The van der Waals surface area contributed by atoms with E-state index in [2.05, 4.69) is 4.72 Å². The fraction of sp³-hybridized carbons (Fsp3) is 0.316. The lowest BCUT2D eigenvalue weighted by atomic mass is 10.2. The summed E-state index contributed by atoms with van der Waals surface area (Å²) in [5.74, 6) is -0.614. The summed E-state index contributed by atoms with van der Waals surface area (Å²) in [4.78, 5) is 16.2. The van der Waals surface area contributed by atoms with Gasteiger partial charge in [0, 0.05) is 31.2 Å². The molecular weight excluding hydrogens is 405 g/mol. The van der Waals surface area contributed by atoms with E-state index in [1.807, 2.05) is 4.90 Å². The fourth-order valence-corrected chi connectivity index (χ4v) is 4.44. The van der Waals surface area contributed by atoms with E-state index >= 15 is 0 Å². The molecular formula is C19H21ClFN3O3S. The Morgan fingerprint density at radius 2 is 1.68 bits per heavy atom. The maximum Gasteiger partial charge on any atom is 0.241 e. The number of piperazine rings is 1. The smallest absolute Gasteiger partial charge is 0.241 e. The standard InChI is InChI=1S/C19H21ClFN3O3S/c1-14(22-28(26,27)16-8-6-15(20)7-9-16)19(25)24-12-10-23(11-13-24)18-5-3-2-4-17(18)21/h2-9,14,22H,10-13H2,1H3/t14-/m1/s1. The molecule has 6 nitrogen and oxygen atoms in total. The first-order valence-corrected chi connectivity index (χ1v) is 10.7. The lowest BCUT2D eigenvalue weighted by molar-refractivity contribution is -0.132. The molecule has 2 aromatic rings. The van der Waals surface area contributed by atoms with E-state index < -0.39 is 16.1 Å². The van der Waals surface area contributed by atoms with Crippen molar-refractivity contribution >= 4 is 33.2 Å². The number of carbonyl (C=O) groups is 1. The highest BCUT2D eigenvalue weighted by atomic mass is 35.5. The average molecular weight is 426 g/mol. The van der Waals surface area contributed by atoms with Crippen LogP contribution < -0.4 is 9.62 Å². The summed E-state index contributed by atoms with van der Waals surface area (Å²) in [6, 6.07) is 11.3. The predicted octanol–water partition coefficient (Wildman–Crippen LogP) is 2.49. The molecule has 150 valence electrons. The summed E-state index contributed by atoms with van der Waals surface area (Å²) in [6.45, 7) is 3.24. The van der Waals surface area contributed by atoms with Crippen molar-refractivity contribution in [2.45, 2.75) is 17.9 Å². The summed E-state index contributed by atoms with van der Waals surface area (Å²) < 4.78 is 41.2. The molecule has 1 aliphatic rings. The zero-order valence-corrected chi connectivity index (χ0v) is 16.9. The van der Waals surface area contributed by atoms with Crippen LogP contribution in [-0.2, 0) is 14.8 Å². The number of benzene rings is 2. The van der Waals surface area contributed by atoms with Gasteiger partial charge in [-0.15, -0.1) is 0 Å². The van der Waals surface area contributed by atoms with Gasteiger partial charge in [-0.05, 0) is 43.3 Å². The van der Waals surface area contributed by atoms with Crippen LogP contribution in [0.2, 0.25) is 5.02 Å². The van der Waals surface area contributed by atoms with Crippen molar-refractivity contribution in [3.63, 3.8) is 0 Å². The third kappa shape index (κ3) is 4.63. The number of nitrogens with one attached hydrogen (secondary N) is 1. The van der Waals surface area contributed by atoms with Crippen LogP contribution in [0, 0.1) is 5.82 Å². The third-order valence-corrected chi connectivity index (χ3v) is 6.42. The summed E-state index contributed by atoms with van der Waals surface area (Å²) >= 11 is 5.78. The zero-order chi connectivity index (χ0) is 20.3. The Morgan fingerprint density at radius 3 is 2.29 bits per heavy atom. The molecule has 1 fully saturated rings. The van der Waals surface area contributed by atoms with E-state index in [0.717, 1.165) is 0 Å². The Morgan fingerprint density at radius 1 is 1.07 bits per heavy atom. The quantitative estimate of drug-likeness (QED) is 0.799. The van der Waals surface area contributed by atoms with Crippen LogP contribution in [0.1, 0.15) is 6.92 Å². The van der Waals surface area contributed by atoms with Crippen LogP contribution >= 0.6 is 11.6 Å². The Kier molecular flexibility index (Phi) is 6.22. The van der Waals surface area contributed by atoms with Gasteiger partial charge in [0.1, 0.15) is 5.82 Å². The largest absolute Gasteiger partial charge is 0.366 e. The molecule has 28 heavy (non-hydrogen) atoms. The van der Waals surface area contributed by atoms with E-state index in [1.165, 1.54) is 37.3 Å². The van der Waals surface area contributed by atoms with Crippen molar-refractivity contribution in [3.8, 4) is 0 Å². The highest BCUT2D eigenvalue weighted by Crippen LogP contribution is 2.20. The van der Waals surface area contributed by atoms with Crippen LogP contribution in [-0.4, -0.2) is 51.4 Å². The summed E-state index contributed by atoms with van der Waals surface area (Å²) in [7, 11) is -3.84. The Bertz CT molecular complexity index is 945. The van der Waals surface area contributed by atoms with Crippen molar-refractivity contribution in [3.05, 3.63) is 59.4 Å². The van der Waals surface area contributed by atoms with E-state index in [1.54, 1.807) is 23.1 Å². The molecule has 1 amide bonds. The van der Waals surface area contributed by atoms with Crippen LogP contribution in [0.3, 0.4) is 0 Å². The summed E-state index contributed by atoms with van der Waals surface area (Å²) in [6.07, 6.45) is 0. The van der Waals surface area contributed by atoms with Crippen LogP contribution in [0.5, 0.6) is 0 Å². The number of nitrogens with zero attached hydrogens (tertiary/aromatic N) is 2. The highest BCUT2D eigenvalue weighted by molar-refractivity contribution is 7.89. The molecule has 0 aliphatic carbocycles. The second-order valence-electron chi connectivity index (χ2n) is 6.56. The topological polar surface area (TPSA) is 69.7 Å². The van der Waals surface area contributed by atoms with Crippen LogP contribution in [0.4, 0.5) is 10.1 Å².